The van der Waals surface area contributed by atoms with Crippen LogP contribution in [0.4, 0.5) is 5.69 Å². The third kappa shape index (κ3) is 6.65. The van der Waals surface area contributed by atoms with Gasteiger partial charge in [0, 0.05) is 35.3 Å². The highest BCUT2D eigenvalue weighted by atomic mass is 32.2. The zero-order valence-corrected chi connectivity index (χ0v) is 24.2. The number of thioether (sulfide) groups is 1. The fraction of sp³-hybridized carbons (Fsp3) is 0.219. The van der Waals surface area contributed by atoms with Gasteiger partial charge in [-0.15, -0.1) is 5.10 Å². The summed E-state index contributed by atoms with van der Waals surface area (Å²) in [6, 6.07) is 28.4. The number of hydrogen-bond acceptors (Lipinski definition) is 9. The molecule has 1 saturated heterocycles. The predicted molar refractivity (Wildman–Crippen MR) is 161 cm³/mol. The summed E-state index contributed by atoms with van der Waals surface area (Å²) in [6.45, 7) is 2.08. The Balaban J connectivity index is 1.25. The van der Waals surface area contributed by atoms with Crippen LogP contribution in [-0.2, 0) is 16.1 Å². The van der Waals surface area contributed by atoms with Gasteiger partial charge in [0.2, 0.25) is 5.16 Å². The van der Waals surface area contributed by atoms with Gasteiger partial charge in [-0.05, 0) is 58.0 Å². The molecule has 3 aromatic carbocycles. The third-order valence-electron chi connectivity index (χ3n) is 7.28. The predicted octanol–water partition coefficient (Wildman–Crippen LogP) is 5.39. The van der Waals surface area contributed by atoms with Crippen molar-refractivity contribution < 1.29 is 19.4 Å². The van der Waals surface area contributed by atoms with Crippen LogP contribution < -0.4 is 5.32 Å². The summed E-state index contributed by atoms with van der Waals surface area (Å²) in [4.78, 5) is 16.8. The second-order valence-corrected chi connectivity index (χ2v) is 11.2. The van der Waals surface area contributed by atoms with Crippen LogP contribution in [0, 0.1) is 5.92 Å². The summed E-state index contributed by atoms with van der Waals surface area (Å²) in [5.41, 5.74) is 4.56. The minimum absolute atomic E-state index is 0.0155. The molecule has 1 amide bonds. The van der Waals surface area contributed by atoms with Crippen molar-refractivity contribution in [2.24, 2.45) is 5.92 Å². The summed E-state index contributed by atoms with van der Waals surface area (Å²) in [5.74, 6) is 0.312. The molecule has 218 valence electrons. The van der Waals surface area contributed by atoms with E-state index in [1.165, 1.54) is 18.0 Å². The number of carbonyl (C=O) groups excluding carboxylic acids is 1. The van der Waals surface area contributed by atoms with Crippen molar-refractivity contribution in [3.8, 4) is 5.69 Å². The molecule has 0 spiro atoms. The van der Waals surface area contributed by atoms with E-state index >= 15 is 0 Å². The Bertz CT molecular complexity index is 1650. The van der Waals surface area contributed by atoms with Crippen molar-refractivity contribution in [1.82, 2.24) is 25.2 Å². The van der Waals surface area contributed by atoms with Crippen molar-refractivity contribution in [2.75, 3.05) is 11.1 Å². The number of para-hydroxylation sites is 1. The van der Waals surface area contributed by atoms with Gasteiger partial charge in [0.1, 0.15) is 0 Å². The maximum Gasteiger partial charge on any atom is 0.257 e. The van der Waals surface area contributed by atoms with E-state index in [-0.39, 0.29) is 30.6 Å². The molecule has 2 N–H and O–H groups in total. The maximum atomic E-state index is 12.8. The van der Waals surface area contributed by atoms with E-state index < -0.39 is 6.29 Å². The molecule has 10 nitrogen and oxygen atoms in total. The molecular formula is C32H30N6O4S. The summed E-state index contributed by atoms with van der Waals surface area (Å²) in [7, 11) is 0. The quantitative estimate of drug-likeness (QED) is 0.216. The van der Waals surface area contributed by atoms with Gasteiger partial charge in [0.25, 0.3) is 5.91 Å². The average Bonchev–Trinajstić information content (AvgIpc) is 3.54. The number of anilines is 1. The SMILES string of the molecule is C[C@H]1[C@@H](CSc2nnnn2-c2ccccc2)O[C@@H](c2cccc(NC(=O)c3cccnc3)c2)O[C@H]1c1ccc(CO)cc1. The number of ether oxygens (including phenoxy) is 2. The smallest absolute Gasteiger partial charge is 0.257 e. The first-order valence-electron chi connectivity index (χ1n) is 13.9. The Morgan fingerprint density at radius 2 is 1.81 bits per heavy atom. The first-order chi connectivity index (χ1) is 21.1. The van der Waals surface area contributed by atoms with Gasteiger partial charge < -0.3 is 19.9 Å². The van der Waals surface area contributed by atoms with Crippen LogP contribution in [0.15, 0.2) is 109 Å². The Morgan fingerprint density at radius 1 is 0.977 bits per heavy atom. The Kier molecular flexibility index (Phi) is 8.85. The van der Waals surface area contributed by atoms with E-state index in [0.717, 1.165) is 22.4 Å². The van der Waals surface area contributed by atoms with E-state index in [0.29, 0.717) is 22.2 Å². The van der Waals surface area contributed by atoms with Crippen LogP contribution in [0.25, 0.3) is 5.69 Å². The highest BCUT2D eigenvalue weighted by Gasteiger charge is 2.38. The number of aliphatic hydroxyl groups is 1. The van der Waals surface area contributed by atoms with Crippen LogP contribution in [-0.4, -0.2) is 48.1 Å². The number of amides is 1. The third-order valence-corrected chi connectivity index (χ3v) is 8.29. The number of nitrogens with zero attached hydrogens (tertiary/aromatic N) is 5. The highest BCUT2D eigenvalue weighted by Crippen LogP contribution is 2.43. The Hall–Kier alpha value is -4.42. The molecule has 1 aliphatic heterocycles. The van der Waals surface area contributed by atoms with Crippen LogP contribution in [0.3, 0.4) is 0 Å². The van der Waals surface area contributed by atoms with Crippen molar-refractivity contribution in [1.29, 1.82) is 0 Å². The standard InChI is InChI=1S/C32H30N6O4S/c1-21-28(20-43-32-35-36-37-38(32)27-10-3-2-4-11-27)41-31(42-29(21)23-14-12-22(19-39)13-15-23)24-7-5-9-26(17-24)34-30(40)25-8-6-16-33-18-25/h2-18,21,28-29,31,39H,19-20H2,1H3,(H,34,40)/t21-,28+,29+,31+/m0/s1. The minimum atomic E-state index is -0.690. The molecule has 1 aliphatic rings. The number of carbonyl (C=O) groups is 1. The maximum absolute atomic E-state index is 12.8. The molecule has 0 radical (unpaired) electrons. The molecule has 0 bridgehead atoms. The fourth-order valence-corrected chi connectivity index (χ4v) is 5.98. The number of aliphatic hydroxyl groups excluding tert-OH is 1. The molecule has 4 atom stereocenters. The molecule has 6 rings (SSSR count). The van der Waals surface area contributed by atoms with E-state index in [4.69, 9.17) is 9.47 Å². The molecule has 5 aromatic rings. The lowest BCUT2D eigenvalue weighted by atomic mass is 9.91. The van der Waals surface area contributed by atoms with Gasteiger partial charge in [0.15, 0.2) is 6.29 Å². The lowest BCUT2D eigenvalue weighted by Gasteiger charge is -2.41. The van der Waals surface area contributed by atoms with Gasteiger partial charge in [-0.2, -0.15) is 4.68 Å². The van der Waals surface area contributed by atoms with Crippen LogP contribution in [0.2, 0.25) is 0 Å². The number of benzene rings is 3. The van der Waals surface area contributed by atoms with E-state index in [2.05, 4.69) is 32.7 Å². The molecular weight excluding hydrogens is 564 g/mol. The first-order valence-corrected chi connectivity index (χ1v) is 14.9. The lowest BCUT2D eigenvalue weighted by Crippen LogP contribution is -2.38. The van der Waals surface area contributed by atoms with Gasteiger partial charge >= 0.3 is 0 Å². The number of hydrogen-bond donors (Lipinski definition) is 2. The summed E-state index contributed by atoms with van der Waals surface area (Å²) in [5, 5.41) is 25.5. The van der Waals surface area contributed by atoms with Gasteiger partial charge in [-0.25, -0.2) is 0 Å². The normalized spacial score (nSPS) is 20.0. The monoisotopic (exact) mass is 594 g/mol. The van der Waals surface area contributed by atoms with Crippen molar-refractivity contribution in [3.05, 3.63) is 126 Å². The number of rotatable bonds is 9. The molecule has 0 unspecified atom stereocenters. The second kappa shape index (κ2) is 13.3. The Morgan fingerprint density at radius 3 is 2.58 bits per heavy atom. The van der Waals surface area contributed by atoms with Crippen molar-refractivity contribution in [2.45, 2.75) is 37.2 Å². The molecule has 43 heavy (non-hydrogen) atoms. The second-order valence-electron chi connectivity index (χ2n) is 10.2. The van der Waals surface area contributed by atoms with Gasteiger partial charge in [0.05, 0.1) is 30.1 Å². The Labute approximate surface area is 253 Å². The van der Waals surface area contributed by atoms with Gasteiger partial charge in [-0.1, -0.05) is 73.3 Å². The summed E-state index contributed by atoms with van der Waals surface area (Å²) in [6.07, 6.45) is 1.96. The number of tetrazole rings is 1. The van der Waals surface area contributed by atoms with Crippen LogP contribution >= 0.6 is 11.8 Å². The first kappa shape index (κ1) is 28.7. The largest absolute Gasteiger partial charge is 0.392 e. The van der Waals surface area contributed by atoms with E-state index in [1.807, 2.05) is 78.9 Å². The molecule has 11 heteroatoms. The molecule has 1 fully saturated rings. The van der Waals surface area contributed by atoms with E-state index in [1.54, 1.807) is 23.0 Å². The summed E-state index contributed by atoms with van der Waals surface area (Å²) < 4.78 is 14.9. The average molecular weight is 595 g/mol. The van der Waals surface area contributed by atoms with Crippen molar-refractivity contribution in [3.63, 3.8) is 0 Å². The molecule has 0 aliphatic carbocycles. The fourth-order valence-electron chi connectivity index (χ4n) is 4.93. The van der Waals surface area contributed by atoms with Crippen molar-refractivity contribution >= 4 is 23.4 Å². The number of pyridine rings is 1. The lowest BCUT2D eigenvalue weighted by molar-refractivity contribution is -0.268. The number of nitrogens with one attached hydrogen (secondary N) is 1. The molecule has 0 saturated carbocycles. The zero-order chi connectivity index (χ0) is 29.6. The van der Waals surface area contributed by atoms with Crippen LogP contribution in [0.1, 0.15) is 46.4 Å². The highest BCUT2D eigenvalue weighted by molar-refractivity contribution is 7.99. The van der Waals surface area contributed by atoms with Gasteiger partial charge in [-0.3, -0.25) is 9.78 Å². The van der Waals surface area contributed by atoms with E-state index in [9.17, 15) is 9.90 Å². The summed E-state index contributed by atoms with van der Waals surface area (Å²) >= 11 is 1.52. The topological polar surface area (TPSA) is 124 Å². The molecule has 2 aromatic heterocycles. The number of aromatic nitrogens is 5. The zero-order valence-electron chi connectivity index (χ0n) is 23.4. The minimum Gasteiger partial charge on any atom is -0.392 e. The van der Waals surface area contributed by atoms with Crippen LogP contribution in [0.5, 0.6) is 0 Å². The molecule has 3 heterocycles.